The van der Waals surface area contributed by atoms with Crippen molar-refractivity contribution in [1.82, 2.24) is 9.80 Å². The van der Waals surface area contributed by atoms with Crippen molar-refractivity contribution in [3.8, 4) is 5.75 Å². The Bertz CT molecular complexity index is 719. The molecule has 0 spiro atoms. The summed E-state index contributed by atoms with van der Waals surface area (Å²) in [4.78, 5) is 29.4. The molecule has 27 heavy (non-hydrogen) atoms. The Morgan fingerprint density at radius 3 is 2.48 bits per heavy atom. The second-order valence-corrected chi connectivity index (χ2v) is 8.35. The van der Waals surface area contributed by atoms with Crippen LogP contribution in [0.2, 0.25) is 0 Å². The minimum atomic E-state index is -1.07. The molecule has 148 valence electrons. The first-order chi connectivity index (χ1) is 12.6. The zero-order valence-electron chi connectivity index (χ0n) is 16.6. The van der Waals surface area contributed by atoms with Gasteiger partial charge in [0.25, 0.3) is 5.91 Å². The van der Waals surface area contributed by atoms with E-state index in [1.165, 1.54) is 24.3 Å². The number of piperidine rings is 2. The molecule has 2 heterocycles. The molecule has 2 amide bonds. The molecule has 0 N–H and O–H groups in total. The predicted molar refractivity (Wildman–Crippen MR) is 101 cm³/mol. The largest absolute Gasteiger partial charge is 0.478 e. The maximum absolute atomic E-state index is 13.4. The smallest absolute Gasteiger partial charge is 0.266 e. The maximum atomic E-state index is 13.4. The molecule has 2 aliphatic heterocycles. The number of ether oxygens (including phenoxy) is 1. The van der Waals surface area contributed by atoms with Crippen LogP contribution in [-0.2, 0) is 9.59 Å². The van der Waals surface area contributed by atoms with Crippen LogP contribution in [0, 0.1) is 5.82 Å². The fourth-order valence-corrected chi connectivity index (χ4v) is 4.69. The lowest BCUT2D eigenvalue weighted by Gasteiger charge is -2.57. The summed E-state index contributed by atoms with van der Waals surface area (Å²) >= 11 is 0. The van der Waals surface area contributed by atoms with Gasteiger partial charge in [-0.05, 0) is 70.7 Å². The highest BCUT2D eigenvalue weighted by molar-refractivity contribution is 5.85. The Morgan fingerprint density at radius 2 is 1.85 bits per heavy atom. The van der Waals surface area contributed by atoms with Gasteiger partial charge in [-0.15, -0.1) is 0 Å². The third-order valence-corrected chi connectivity index (χ3v) is 5.99. The molecule has 1 aromatic carbocycles. The van der Waals surface area contributed by atoms with Crippen LogP contribution < -0.4 is 4.74 Å². The monoisotopic (exact) mass is 376 g/mol. The van der Waals surface area contributed by atoms with Crippen molar-refractivity contribution in [2.75, 3.05) is 13.1 Å². The number of benzene rings is 1. The highest BCUT2D eigenvalue weighted by Crippen LogP contribution is 2.40. The van der Waals surface area contributed by atoms with E-state index in [2.05, 4.69) is 6.92 Å². The normalized spacial score (nSPS) is 25.7. The molecular weight excluding hydrogens is 347 g/mol. The van der Waals surface area contributed by atoms with E-state index in [1.54, 1.807) is 20.8 Å². The first-order valence-corrected chi connectivity index (χ1v) is 9.69. The fourth-order valence-electron chi connectivity index (χ4n) is 4.69. The number of likely N-dealkylation sites (tertiary alicyclic amines) is 2. The number of fused-ring (bicyclic) bond motifs is 1. The Morgan fingerprint density at radius 1 is 1.19 bits per heavy atom. The summed E-state index contributed by atoms with van der Waals surface area (Å²) in [6.45, 7) is 8.62. The van der Waals surface area contributed by atoms with Crippen LogP contribution in [0.25, 0.3) is 0 Å². The topological polar surface area (TPSA) is 49.9 Å². The van der Waals surface area contributed by atoms with Crippen LogP contribution in [0.3, 0.4) is 0 Å². The van der Waals surface area contributed by atoms with Crippen molar-refractivity contribution in [1.29, 1.82) is 0 Å². The Hall–Kier alpha value is -2.11. The van der Waals surface area contributed by atoms with E-state index in [1.807, 2.05) is 9.80 Å². The van der Waals surface area contributed by atoms with Crippen molar-refractivity contribution in [3.05, 3.63) is 30.1 Å². The van der Waals surface area contributed by atoms with Crippen molar-refractivity contribution in [2.24, 2.45) is 0 Å². The van der Waals surface area contributed by atoms with E-state index in [0.717, 1.165) is 32.2 Å². The molecule has 1 aromatic rings. The summed E-state index contributed by atoms with van der Waals surface area (Å²) in [5, 5.41) is 0. The van der Waals surface area contributed by atoms with Crippen molar-refractivity contribution in [3.63, 3.8) is 0 Å². The second kappa shape index (κ2) is 7.13. The van der Waals surface area contributed by atoms with Gasteiger partial charge in [0.15, 0.2) is 5.60 Å². The molecule has 2 saturated heterocycles. The molecule has 2 fully saturated rings. The minimum Gasteiger partial charge on any atom is -0.478 e. The van der Waals surface area contributed by atoms with E-state index in [9.17, 15) is 14.0 Å². The lowest BCUT2D eigenvalue weighted by molar-refractivity contribution is -0.163. The van der Waals surface area contributed by atoms with E-state index in [0.29, 0.717) is 12.3 Å². The van der Waals surface area contributed by atoms with E-state index >= 15 is 0 Å². The maximum Gasteiger partial charge on any atom is 0.266 e. The van der Waals surface area contributed by atoms with Gasteiger partial charge in [-0.3, -0.25) is 9.59 Å². The molecular formula is C21H29FN2O3. The fraction of sp³-hybridized carbons (Fsp3) is 0.619. The average Bonchev–Trinajstić information content (AvgIpc) is 2.61. The van der Waals surface area contributed by atoms with Crippen LogP contribution >= 0.6 is 0 Å². The summed E-state index contributed by atoms with van der Waals surface area (Å²) in [5.41, 5.74) is -1.40. The highest BCUT2D eigenvalue weighted by Gasteiger charge is 2.51. The number of amides is 2. The summed E-state index contributed by atoms with van der Waals surface area (Å²) in [6.07, 6.45) is 3.54. The lowest BCUT2D eigenvalue weighted by Crippen LogP contribution is -2.69. The molecule has 2 atom stereocenters. The second-order valence-electron chi connectivity index (χ2n) is 8.35. The lowest BCUT2D eigenvalue weighted by atomic mass is 9.75. The number of carbonyl (C=O) groups excluding carboxylic acids is 2. The zero-order valence-corrected chi connectivity index (χ0v) is 16.6. The molecule has 0 aliphatic carbocycles. The summed E-state index contributed by atoms with van der Waals surface area (Å²) < 4.78 is 19.1. The Kier molecular flexibility index (Phi) is 5.19. The molecule has 2 aliphatic rings. The average molecular weight is 376 g/mol. The third kappa shape index (κ3) is 3.66. The van der Waals surface area contributed by atoms with Crippen LogP contribution in [0.1, 0.15) is 53.4 Å². The molecule has 0 unspecified atom stereocenters. The summed E-state index contributed by atoms with van der Waals surface area (Å²) in [6, 6.07) is 5.69. The molecule has 0 bridgehead atoms. The molecule has 5 nitrogen and oxygen atoms in total. The van der Waals surface area contributed by atoms with E-state index in [4.69, 9.17) is 4.74 Å². The van der Waals surface area contributed by atoms with Gasteiger partial charge in [0, 0.05) is 20.0 Å². The van der Waals surface area contributed by atoms with E-state index in [-0.39, 0.29) is 29.2 Å². The van der Waals surface area contributed by atoms with Crippen molar-refractivity contribution < 1.29 is 18.7 Å². The molecule has 3 rings (SSSR count). The molecule has 0 saturated carbocycles. The van der Waals surface area contributed by atoms with Gasteiger partial charge in [-0.2, -0.15) is 0 Å². The predicted octanol–water partition coefficient (Wildman–Crippen LogP) is 3.38. The van der Waals surface area contributed by atoms with Gasteiger partial charge in [0.1, 0.15) is 11.6 Å². The van der Waals surface area contributed by atoms with Crippen molar-refractivity contribution >= 4 is 11.8 Å². The summed E-state index contributed by atoms with van der Waals surface area (Å²) in [7, 11) is 0. The number of hydrogen-bond donors (Lipinski definition) is 0. The number of halogens is 1. The van der Waals surface area contributed by atoms with Crippen LogP contribution in [0.4, 0.5) is 4.39 Å². The van der Waals surface area contributed by atoms with Crippen LogP contribution in [-0.4, -0.2) is 51.9 Å². The van der Waals surface area contributed by atoms with Gasteiger partial charge in [-0.25, -0.2) is 4.39 Å². The highest BCUT2D eigenvalue weighted by atomic mass is 19.1. The molecule has 6 heteroatoms. The third-order valence-electron chi connectivity index (χ3n) is 5.99. The van der Waals surface area contributed by atoms with Gasteiger partial charge >= 0.3 is 0 Å². The Labute approximate surface area is 160 Å². The van der Waals surface area contributed by atoms with Gasteiger partial charge in [-0.1, -0.05) is 0 Å². The number of nitrogens with zero attached hydrogens (tertiary/aromatic N) is 2. The van der Waals surface area contributed by atoms with Gasteiger partial charge < -0.3 is 14.5 Å². The first-order valence-electron chi connectivity index (χ1n) is 9.69. The summed E-state index contributed by atoms with van der Waals surface area (Å²) in [5.74, 6) is 0.0970. The number of carbonyl (C=O) groups is 2. The Balaban J connectivity index is 1.82. The SMILES string of the molecule is CC(=O)N1CCC[C@@H]2N(C(=O)C(C)(C)Oc3ccc(F)cc3)CCC[C@@]21C. The first kappa shape index (κ1) is 19.6. The quantitative estimate of drug-likeness (QED) is 0.813. The van der Waals surface area contributed by atoms with Crippen molar-refractivity contribution in [2.45, 2.75) is 70.6 Å². The van der Waals surface area contributed by atoms with Crippen LogP contribution in [0.15, 0.2) is 24.3 Å². The zero-order chi connectivity index (χ0) is 19.8. The van der Waals surface area contributed by atoms with E-state index < -0.39 is 5.60 Å². The van der Waals surface area contributed by atoms with Crippen LogP contribution in [0.5, 0.6) is 5.75 Å². The van der Waals surface area contributed by atoms with Gasteiger partial charge in [0.2, 0.25) is 5.91 Å². The number of hydrogen-bond acceptors (Lipinski definition) is 3. The molecule has 0 aromatic heterocycles. The molecule has 0 radical (unpaired) electrons. The number of rotatable bonds is 3. The standard InChI is InChI=1S/C21H29FN2O3/c1-15(25)24-14-5-7-18-21(24,4)12-6-13-23(18)19(26)20(2,3)27-17-10-8-16(22)9-11-17/h8-11,18H,5-7,12-14H2,1-4H3/t18-,21-/m0/s1. The van der Waals surface area contributed by atoms with Gasteiger partial charge in [0.05, 0.1) is 11.6 Å². The minimum absolute atomic E-state index is 0.00695.